The quantitative estimate of drug-likeness (QED) is 0.295. The third-order valence-corrected chi connectivity index (χ3v) is 4.61. The van der Waals surface area contributed by atoms with Gasteiger partial charge in [-0.2, -0.15) is 0 Å². The molecule has 0 spiro atoms. The van der Waals surface area contributed by atoms with Gasteiger partial charge in [0.05, 0.1) is 3.57 Å². The van der Waals surface area contributed by atoms with E-state index in [1.807, 2.05) is 42.5 Å². The van der Waals surface area contributed by atoms with Gasteiger partial charge in [-0.25, -0.2) is 0 Å². The summed E-state index contributed by atoms with van der Waals surface area (Å²) in [6.45, 7) is 5.22. The first kappa shape index (κ1) is 19.8. The average Bonchev–Trinajstić information content (AvgIpc) is 2.61. The largest absolute Gasteiger partial charge is 0.507 e. The van der Waals surface area contributed by atoms with E-state index >= 15 is 0 Å². The number of para-hydroxylation sites is 1. The molecule has 1 atom stereocenters. The highest BCUT2D eigenvalue weighted by atomic mass is 125. The third kappa shape index (κ3) is 6.68. The van der Waals surface area contributed by atoms with E-state index in [9.17, 15) is 10.2 Å². The van der Waals surface area contributed by atoms with E-state index in [-0.39, 0.29) is 6.61 Å². The van der Waals surface area contributed by atoms with Crippen LogP contribution in [0.3, 0.4) is 0 Å². The first-order valence-electron chi connectivity index (χ1n) is 8.28. The Bertz CT molecular complexity index is 690. The first-order chi connectivity index (χ1) is 12.1. The van der Waals surface area contributed by atoms with E-state index in [1.165, 1.54) is 0 Å². The fraction of sp³-hybridized carbons (Fsp3) is 0.300. The highest BCUT2D eigenvalue weighted by Crippen LogP contribution is 2.20. The molecule has 2 aromatic carbocycles. The number of aliphatic hydroxyl groups is 1. The lowest BCUT2D eigenvalue weighted by Gasteiger charge is -2.15. The molecular weight excluding hydrogens is 427 g/mol. The number of aromatic hydroxyl groups is 1. The molecule has 0 saturated heterocycles. The molecule has 0 saturated carbocycles. The number of phenols is 1. The lowest BCUT2D eigenvalue weighted by molar-refractivity contribution is 0.106. The number of benzene rings is 2. The van der Waals surface area contributed by atoms with Gasteiger partial charge >= 0.3 is 0 Å². The number of halogens is 1. The zero-order valence-corrected chi connectivity index (χ0v) is 16.3. The van der Waals surface area contributed by atoms with E-state index in [0.29, 0.717) is 12.3 Å². The van der Waals surface area contributed by atoms with Gasteiger partial charge in [-0.3, -0.25) is 0 Å². The van der Waals surface area contributed by atoms with Crippen molar-refractivity contribution < 1.29 is 14.9 Å². The molecule has 0 fully saturated rings. The highest BCUT2D eigenvalue weighted by molar-refractivity contribution is 14.1. The minimum absolute atomic E-state index is 0.248. The molecule has 25 heavy (non-hydrogen) atoms. The van der Waals surface area contributed by atoms with Crippen LogP contribution in [0.2, 0.25) is 0 Å². The summed E-state index contributed by atoms with van der Waals surface area (Å²) in [6.07, 6.45) is 2.85. The third-order valence-electron chi connectivity index (χ3n) is 3.75. The lowest BCUT2D eigenvalue weighted by Crippen LogP contribution is -2.32. The molecule has 0 bridgehead atoms. The molecule has 0 aliphatic heterocycles. The maximum absolute atomic E-state index is 10.1. The Balaban J connectivity index is 1.69. The molecule has 0 radical (unpaired) electrons. The number of nitrogens with one attached hydrogen (secondary N) is 1. The van der Waals surface area contributed by atoms with E-state index < -0.39 is 6.10 Å². The molecular formula is C20H24INO3. The lowest BCUT2D eigenvalue weighted by atomic mass is 10.1. The van der Waals surface area contributed by atoms with Crippen LogP contribution in [0.4, 0.5) is 0 Å². The van der Waals surface area contributed by atoms with Crippen molar-refractivity contribution in [3.8, 4) is 11.5 Å². The van der Waals surface area contributed by atoms with Crippen molar-refractivity contribution in [1.82, 2.24) is 5.32 Å². The van der Waals surface area contributed by atoms with Gasteiger partial charge in [-0.1, -0.05) is 30.3 Å². The Hall–Kier alpha value is -1.57. The van der Waals surface area contributed by atoms with Crippen LogP contribution in [0.25, 0.3) is 0 Å². The van der Waals surface area contributed by atoms with Crippen molar-refractivity contribution in [3.63, 3.8) is 0 Å². The monoisotopic (exact) mass is 451 g/mol. The number of ether oxygens (including phenoxy) is 1. The Labute approximate surface area is 162 Å². The molecule has 2 aromatic rings. The molecule has 0 aliphatic rings. The summed E-state index contributed by atoms with van der Waals surface area (Å²) in [5, 5.41) is 22.8. The fourth-order valence-corrected chi connectivity index (χ4v) is 3.00. The average molecular weight is 451 g/mol. The van der Waals surface area contributed by atoms with Gasteiger partial charge < -0.3 is 20.3 Å². The summed E-state index contributed by atoms with van der Waals surface area (Å²) in [7, 11) is 0. The molecule has 0 aliphatic carbocycles. The molecule has 4 nitrogen and oxygen atoms in total. The van der Waals surface area contributed by atoms with E-state index in [1.54, 1.807) is 6.07 Å². The second-order valence-corrected chi connectivity index (χ2v) is 6.97. The van der Waals surface area contributed by atoms with Crippen molar-refractivity contribution in [2.24, 2.45) is 0 Å². The summed E-state index contributed by atoms with van der Waals surface area (Å²) in [4.78, 5) is 0. The van der Waals surface area contributed by atoms with Crippen molar-refractivity contribution in [2.75, 3.05) is 19.7 Å². The van der Waals surface area contributed by atoms with Crippen LogP contribution >= 0.6 is 22.6 Å². The number of phenolic OH excluding ortho intramolecular Hbond substituents is 1. The van der Waals surface area contributed by atoms with Gasteiger partial charge in [0.2, 0.25) is 0 Å². The van der Waals surface area contributed by atoms with Crippen LogP contribution in [0.5, 0.6) is 11.5 Å². The van der Waals surface area contributed by atoms with Crippen molar-refractivity contribution in [1.29, 1.82) is 0 Å². The molecule has 3 N–H and O–H groups in total. The number of hydrogen-bond acceptors (Lipinski definition) is 4. The van der Waals surface area contributed by atoms with Gasteiger partial charge in [0.15, 0.2) is 0 Å². The number of aliphatic hydroxyl groups excluding tert-OH is 1. The zero-order valence-electron chi connectivity index (χ0n) is 14.1. The van der Waals surface area contributed by atoms with Gasteiger partial charge in [-0.15, -0.1) is 6.58 Å². The second kappa shape index (κ2) is 10.4. The van der Waals surface area contributed by atoms with Crippen LogP contribution in [0.1, 0.15) is 11.1 Å². The van der Waals surface area contributed by atoms with Crippen LogP contribution in [-0.4, -0.2) is 36.0 Å². The minimum Gasteiger partial charge on any atom is -0.507 e. The maximum Gasteiger partial charge on any atom is 0.128 e. The number of hydrogen-bond donors (Lipinski definition) is 3. The standard InChI is InChI=1S/C20H24INO3/c1-2-5-16-6-3-4-7-20(16)25-14-17(23)13-22-11-10-15-8-9-19(24)18(21)12-15/h2-4,6-9,12,17,22-24H,1,5,10-11,13-14H2/i21-2. The summed E-state index contributed by atoms with van der Waals surface area (Å²) in [5.41, 5.74) is 2.22. The SMILES string of the molecule is C=CCc1ccccc1OCC(O)CNCCc1ccc(O)c([125I])c1. The van der Waals surface area contributed by atoms with Crippen molar-refractivity contribution in [3.05, 3.63) is 69.8 Å². The van der Waals surface area contributed by atoms with Gasteiger partial charge in [0.25, 0.3) is 0 Å². The Morgan fingerprint density at radius 1 is 1.24 bits per heavy atom. The van der Waals surface area contributed by atoms with Crippen LogP contribution in [0.15, 0.2) is 55.1 Å². The predicted molar refractivity (Wildman–Crippen MR) is 109 cm³/mol. The first-order valence-corrected chi connectivity index (χ1v) is 9.35. The smallest absolute Gasteiger partial charge is 0.128 e. The molecule has 0 heterocycles. The zero-order chi connectivity index (χ0) is 18.1. The summed E-state index contributed by atoms with van der Waals surface area (Å²) in [6, 6.07) is 13.4. The van der Waals surface area contributed by atoms with Crippen LogP contribution < -0.4 is 10.1 Å². The van der Waals surface area contributed by atoms with E-state index in [4.69, 9.17) is 4.74 Å². The number of allylic oxidation sites excluding steroid dienone is 1. The normalized spacial score (nSPS) is 11.9. The summed E-state index contributed by atoms with van der Waals surface area (Å²) >= 11 is 2.11. The maximum atomic E-state index is 10.1. The molecule has 0 amide bonds. The van der Waals surface area contributed by atoms with Gasteiger partial charge in [0, 0.05) is 6.54 Å². The topological polar surface area (TPSA) is 61.7 Å². The van der Waals surface area contributed by atoms with Gasteiger partial charge in [0.1, 0.15) is 24.2 Å². The number of rotatable bonds is 10. The van der Waals surface area contributed by atoms with Crippen LogP contribution in [-0.2, 0) is 12.8 Å². The van der Waals surface area contributed by atoms with Crippen molar-refractivity contribution >= 4 is 22.6 Å². The van der Waals surface area contributed by atoms with Crippen molar-refractivity contribution in [2.45, 2.75) is 18.9 Å². The molecule has 0 aromatic heterocycles. The minimum atomic E-state index is -0.572. The Morgan fingerprint density at radius 3 is 2.80 bits per heavy atom. The summed E-state index contributed by atoms with van der Waals surface area (Å²) < 4.78 is 6.58. The Morgan fingerprint density at radius 2 is 2.04 bits per heavy atom. The molecule has 5 heteroatoms. The second-order valence-electron chi connectivity index (χ2n) is 5.81. The van der Waals surface area contributed by atoms with Crippen LogP contribution in [0, 0.1) is 3.57 Å². The predicted octanol–water partition coefficient (Wildman–Crippen LogP) is 3.30. The van der Waals surface area contributed by atoms with Gasteiger partial charge in [-0.05, 0) is 71.3 Å². The molecule has 2 rings (SSSR count). The Kier molecular flexibility index (Phi) is 8.24. The van der Waals surface area contributed by atoms with E-state index in [0.717, 1.165) is 39.8 Å². The highest BCUT2D eigenvalue weighted by Gasteiger charge is 2.07. The van der Waals surface area contributed by atoms with E-state index in [2.05, 4.69) is 34.5 Å². The molecule has 134 valence electrons. The summed E-state index contributed by atoms with van der Waals surface area (Å²) in [5.74, 6) is 1.10. The molecule has 1 unspecified atom stereocenters. The fourth-order valence-electron chi connectivity index (χ4n) is 2.42.